The van der Waals surface area contributed by atoms with Crippen molar-refractivity contribution in [1.82, 2.24) is 0 Å². The number of anilines is 1. The molecule has 3 aromatic carbocycles. The smallest absolute Gasteiger partial charge is 0.261 e. The van der Waals surface area contributed by atoms with E-state index < -0.39 is 0 Å². The molecular weight excluding hydrogens is 274 g/mol. The third kappa shape index (κ3) is 2.53. The summed E-state index contributed by atoms with van der Waals surface area (Å²) in [6.07, 6.45) is 0. The molecule has 110 valence electrons. The van der Waals surface area contributed by atoms with Gasteiger partial charge in [0.2, 0.25) is 0 Å². The van der Waals surface area contributed by atoms with Crippen molar-refractivity contribution in [3.05, 3.63) is 72.3 Å². The Morgan fingerprint density at radius 2 is 1.50 bits per heavy atom. The lowest BCUT2D eigenvalue weighted by Gasteiger charge is -2.19. The summed E-state index contributed by atoms with van der Waals surface area (Å²) in [5.74, 6) is 0.500. The quantitative estimate of drug-likeness (QED) is 0.726. The third-order valence-electron chi connectivity index (χ3n) is 3.75. The highest BCUT2D eigenvalue weighted by molar-refractivity contribution is 6.09. The lowest BCUT2D eigenvalue weighted by Crippen LogP contribution is -2.26. The number of para-hydroxylation sites is 1. The van der Waals surface area contributed by atoms with E-state index in [1.807, 2.05) is 66.7 Å². The van der Waals surface area contributed by atoms with E-state index >= 15 is 0 Å². The number of amides is 1. The van der Waals surface area contributed by atoms with E-state index in [1.54, 1.807) is 19.1 Å². The average molecular weight is 291 g/mol. The van der Waals surface area contributed by atoms with Crippen LogP contribution in [-0.4, -0.2) is 20.1 Å². The van der Waals surface area contributed by atoms with Crippen molar-refractivity contribution in [2.75, 3.05) is 19.1 Å². The first-order chi connectivity index (χ1) is 10.7. The molecule has 0 bridgehead atoms. The van der Waals surface area contributed by atoms with Gasteiger partial charge >= 0.3 is 0 Å². The second kappa shape index (κ2) is 5.90. The highest BCUT2D eigenvalue weighted by Crippen LogP contribution is 2.28. The molecule has 0 saturated carbocycles. The zero-order chi connectivity index (χ0) is 15.5. The Morgan fingerprint density at radius 1 is 0.909 bits per heavy atom. The molecule has 0 aliphatic rings. The summed E-state index contributed by atoms with van der Waals surface area (Å²) in [5.41, 5.74) is 1.41. The summed E-state index contributed by atoms with van der Waals surface area (Å²) in [5, 5.41) is 2.08. The standard InChI is InChI=1S/C19H17NO2/c1-20(16-10-4-3-5-11-16)19(21)17-12-14-8-6-7-9-15(14)13-18(17)22-2/h3-13H,1-2H3. The van der Waals surface area contributed by atoms with E-state index in [0.717, 1.165) is 16.5 Å². The highest BCUT2D eigenvalue weighted by Gasteiger charge is 2.18. The van der Waals surface area contributed by atoms with E-state index in [0.29, 0.717) is 11.3 Å². The Hall–Kier alpha value is -2.81. The van der Waals surface area contributed by atoms with Crippen molar-refractivity contribution in [3.63, 3.8) is 0 Å². The van der Waals surface area contributed by atoms with Crippen LogP contribution in [-0.2, 0) is 0 Å². The van der Waals surface area contributed by atoms with Gasteiger partial charge in [-0.1, -0.05) is 42.5 Å². The predicted octanol–water partition coefficient (Wildman–Crippen LogP) is 4.13. The number of hydrogen-bond acceptors (Lipinski definition) is 2. The molecular formula is C19H17NO2. The average Bonchev–Trinajstić information content (AvgIpc) is 2.60. The minimum atomic E-state index is -0.0891. The zero-order valence-electron chi connectivity index (χ0n) is 12.6. The van der Waals surface area contributed by atoms with E-state index in [1.165, 1.54) is 0 Å². The number of carbonyl (C=O) groups is 1. The van der Waals surface area contributed by atoms with Gasteiger partial charge in [-0.15, -0.1) is 0 Å². The van der Waals surface area contributed by atoms with Gasteiger partial charge in [0, 0.05) is 12.7 Å². The Balaban J connectivity index is 2.06. The van der Waals surface area contributed by atoms with Crippen LogP contribution in [0.25, 0.3) is 10.8 Å². The van der Waals surface area contributed by atoms with Gasteiger partial charge in [0.05, 0.1) is 12.7 Å². The second-order valence-electron chi connectivity index (χ2n) is 5.10. The molecule has 22 heavy (non-hydrogen) atoms. The maximum atomic E-state index is 12.8. The molecule has 0 aromatic heterocycles. The van der Waals surface area contributed by atoms with Crippen LogP contribution in [0.5, 0.6) is 5.75 Å². The monoisotopic (exact) mass is 291 g/mol. The lowest BCUT2D eigenvalue weighted by molar-refractivity contribution is 0.0990. The maximum Gasteiger partial charge on any atom is 0.261 e. The second-order valence-corrected chi connectivity index (χ2v) is 5.10. The number of hydrogen-bond donors (Lipinski definition) is 0. The van der Waals surface area contributed by atoms with Crippen LogP contribution in [0.3, 0.4) is 0 Å². The molecule has 0 saturated heterocycles. The normalized spacial score (nSPS) is 10.5. The van der Waals surface area contributed by atoms with Crippen LogP contribution >= 0.6 is 0 Å². The van der Waals surface area contributed by atoms with Crippen molar-refractivity contribution in [2.45, 2.75) is 0 Å². The van der Waals surface area contributed by atoms with Gasteiger partial charge in [0.1, 0.15) is 5.75 Å². The van der Waals surface area contributed by atoms with E-state index in [2.05, 4.69) is 0 Å². The fraction of sp³-hybridized carbons (Fsp3) is 0.105. The molecule has 3 nitrogen and oxygen atoms in total. The van der Waals surface area contributed by atoms with Gasteiger partial charge in [-0.25, -0.2) is 0 Å². The van der Waals surface area contributed by atoms with Crippen molar-refractivity contribution in [1.29, 1.82) is 0 Å². The number of methoxy groups -OCH3 is 1. The third-order valence-corrected chi connectivity index (χ3v) is 3.75. The lowest BCUT2D eigenvalue weighted by atomic mass is 10.0. The predicted molar refractivity (Wildman–Crippen MR) is 89.7 cm³/mol. The van der Waals surface area contributed by atoms with E-state index in [-0.39, 0.29) is 5.91 Å². The molecule has 0 aliphatic carbocycles. The minimum Gasteiger partial charge on any atom is -0.496 e. The van der Waals surface area contributed by atoms with Crippen LogP contribution in [0.2, 0.25) is 0 Å². The fourth-order valence-corrected chi connectivity index (χ4v) is 2.50. The molecule has 0 unspecified atom stereocenters. The topological polar surface area (TPSA) is 29.5 Å². The Morgan fingerprint density at radius 3 is 2.14 bits per heavy atom. The van der Waals surface area contributed by atoms with Gasteiger partial charge in [-0.2, -0.15) is 0 Å². The summed E-state index contributed by atoms with van der Waals surface area (Å²) in [4.78, 5) is 14.4. The molecule has 0 atom stereocenters. The molecule has 0 radical (unpaired) electrons. The minimum absolute atomic E-state index is 0.0891. The number of benzene rings is 3. The molecule has 3 aromatic rings. The first kappa shape index (κ1) is 14.1. The first-order valence-electron chi connectivity index (χ1n) is 7.10. The number of ether oxygens (including phenoxy) is 1. The van der Waals surface area contributed by atoms with Crippen molar-refractivity contribution in [2.24, 2.45) is 0 Å². The number of nitrogens with zero attached hydrogens (tertiary/aromatic N) is 1. The summed E-state index contributed by atoms with van der Waals surface area (Å²) in [6, 6.07) is 21.3. The molecule has 0 spiro atoms. The Labute approximate surface area is 129 Å². The molecule has 0 aliphatic heterocycles. The Bertz CT molecular complexity index is 812. The molecule has 1 amide bonds. The van der Waals surface area contributed by atoms with E-state index in [4.69, 9.17) is 4.74 Å². The molecule has 0 heterocycles. The summed E-state index contributed by atoms with van der Waals surface area (Å²) in [7, 11) is 3.36. The zero-order valence-corrected chi connectivity index (χ0v) is 12.6. The Kier molecular flexibility index (Phi) is 3.79. The maximum absolute atomic E-state index is 12.8. The van der Waals surface area contributed by atoms with Gasteiger partial charge in [0.25, 0.3) is 5.91 Å². The molecule has 3 heteroatoms. The first-order valence-corrected chi connectivity index (χ1v) is 7.10. The summed E-state index contributed by atoms with van der Waals surface area (Å²) in [6.45, 7) is 0. The van der Waals surface area contributed by atoms with E-state index in [9.17, 15) is 4.79 Å². The van der Waals surface area contributed by atoms with Gasteiger partial charge < -0.3 is 9.64 Å². The molecule has 0 fully saturated rings. The highest BCUT2D eigenvalue weighted by atomic mass is 16.5. The fourth-order valence-electron chi connectivity index (χ4n) is 2.50. The number of fused-ring (bicyclic) bond motifs is 1. The van der Waals surface area contributed by atoms with Crippen LogP contribution in [0.15, 0.2) is 66.7 Å². The van der Waals surface area contributed by atoms with Crippen LogP contribution in [0.1, 0.15) is 10.4 Å². The number of rotatable bonds is 3. The van der Waals surface area contributed by atoms with Crippen molar-refractivity contribution in [3.8, 4) is 5.75 Å². The largest absolute Gasteiger partial charge is 0.496 e. The SMILES string of the molecule is COc1cc2ccccc2cc1C(=O)N(C)c1ccccc1. The van der Waals surface area contributed by atoms with Gasteiger partial charge in [-0.3, -0.25) is 4.79 Å². The summed E-state index contributed by atoms with van der Waals surface area (Å²) >= 11 is 0. The van der Waals surface area contributed by atoms with Crippen LogP contribution < -0.4 is 9.64 Å². The molecule has 0 N–H and O–H groups in total. The summed E-state index contributed by atoms with van der Waals surface area (Å²) < 4.78 is 5.41. The van der Waals surface area contributed by atoms with Crippen LogP contribution in [0.4, 0.5) is 5.69 Å². The van der Waals surface area contributed by atoms with Gasteiger partial charge in [-0.05, 0) is 35.0 Å². The molecule has 3 rings (SSSR count). The van der Waals surface area contributed by atoms with Gasteiger partial charge in [0.15, 0.2) is 0 Å². The van der Waals surface area contributed by atoms with Crippen molar-refractivity contribution >= 4 is 22.4 Å². The van der Waals surface area contributed by atoms with Crippen LogP contribution in [0, 0.1) is 0 Å². The number of carbonyl (C=O) groups excluding carboxylic acids is 1. The van der Waals surface area contributed by atoms with Crippen molar-refractivity contribution < 1.29 is 9.53 Å².